The Morgan fingerprint density at radius 3 is 1.26 bits per heavy atom. The van der Waals surface area contributed by atoms with Gasteiger partial charge in [0.25, 0.3) is 42.2 Å². The number of thioether (sulfide) groups is 1. The summed E-state index contributed by atoms with van der Waals surface area (Å²) in [7, 11) is -10.5. The van der Waals surface area contributed by atoms with Crippen LogP contribution in [0.1, 0.15) is 89.8 Å². The number of nitrogens with one attached hydrogen (secondary N) is 4. The third-order valence-corrected chi connectivity index (χ3v) is 21.5. The highest BCUT2D eigenvalue weighted by Gasteiger charge is 2.27. The minimum absolute atomic E-state index is 0.00881. The fraction of sp³-hybridized carbons (Fsp3) is 0.369. The predicted molar refractivity (Wildman–Crippen MR) is 398 cm³/mol. The molecular weight excluding hydrogens is 1450 g/mol. The second-order valence-electron chi connectivity index (χ2n) is 23.1. The van der Waals surface area contributed by atoms with E-state index in [1.165, 1.54) is 64.5 Å². The van der Waals surface area contributed by atoms with Crippen molar-refractivity contribution in [1.29, 1.82) is 0 Å². The summed E-state index contributed by atoms with van der Waals surface area (Å²) in [6.07, 6.45) is 8.20. The van der Waals surface area contributed by atoms with E-state index in [9.17, 15) is 58.1 Å². The van der Waals surface area contributed by atoms with Crippen LogP contribution in [-0.2, 0) is 49.5 Å². The van der Waals surface area contributed by atoms with Crippen molar-refractivity contribution in [3.8, 4) is 11.5 Å². The van der Waals surface area contributed by atoms with Crippen molar-refractivity contribution in [2.24, 2.45) is 20.5 Å². The van der Waals surface area contributed by atoms with E-state index in [1.807, 2.05) is 47.3 Å². The number of hydrogen-bond donors (Lipinski definition) is 7. The summed E-state index contributed by atoms with van der Waals surface area (Å²) in [5.74, 6) is -2.00. The molecule has 0 bridgehead atoms. The number of benzene rings is 4. The molecule has 103 heavy (non-hydrogen) atoms. The standard InChI is InChI=1S/C65H77N17O15S6/c1-9-79(10-2)51-35-47(49(37-53(51)96-7)75-77-64-70-57(81-27-15-13-16-28-81)55(99-64)33-45(39(5)83)59(85)66-41-19-23-43(24-20-41)102(90,91)92)68-61-72-62(74-63(73-61)98-31-32-101(87,88)89)69-48-36-52(80(11-3)12-4)54(97-8)38-50(48)76-78-65-71-58(82-29-17-14-18-30-82)56(100-65)34-46(40(6)84)60(86)67-42-21-25-44(26-22-42)103(93,94)95/h19-26,33-38H,9-18,27-32H2,1-8H3,(H,66,85)(H,67,86)(H,87,88,89)(H,90,91,92)(H,93,94,95)(H2,68,69,72,73,74)/b45-33-,46-34+,77-75?,78-76?. The van der Waals surface area contributed by atoms with Gasteiger partial charge in [0.2, 0.25) is 22.2 Å². The van der Waals surface area contributed by atoms with Gasteiger partial charge in [-0.1, -0.05) is 34.4 Å². The number of thiazole rings is 2. The number of amides is 2. The minimum atomic E-state index is -4.52. The van der Waals surface area contributed by atoms with Crippen molar-refractivity contribution in [3.05, 3.63) is 93.7 Å². The number of carbonyl (C=O) groups excluding carboxylic acids is 4. The van der Waals surface area contributed by atoms with Gasteiger partial charge in [0, 0.05) is 81.6 Å². The van der Waals surface area contributed by atoms with E-state index in [2.05, 4.69) is 31.5 Å². The maximum Gasteiger partial charge on any atom is 0.294 e. The molecule has 0 unspecified atom stereocenters. The molecule has 0 radical (unpaired) electrons. The summed E-state index contributed by atoms with van der Waals surface area (Å²) in [6.45, 7) is 15.0. The number of ketones is 2. The van der Waals surface area contributed by atoms with Crippen molar-refractivity contribution in [1.82, 2.24) is 24.9 Å². The van der Waals surface area contributed by atoms with E-state index in [1.54, 1.807) is 24.3 Å². The molecule has 0 saturated carbocycles. The number of hydrogen-bond acceptors (Lipinski definition) is 30. The first-order valence-electron chi connectivity index (χ1n) is 32.5. The number of Topliss-reactive ketones (excluding diaryl/α,β-unsaturated/α-hetero) is 2. The van der Waals surface area contributed by atoms with Crippen LogP contribution >= 0.6 is 34.4 Å². The van der Waals surface area contributed by atoms with E-state index in [0.717, 1.165) is 97.2 Å². The topological polar surface area (TPSA) is 425 Å². The Hall–Kier alpha value is -9.41. The van der Waals surface area contributed by atoms with Crippen molar-refractivity contribution in [2.45, 2.75) is 95.0 Å². The summed E-state index contributed by atoms with van der Waals surface area (Å²) in [5, 5.41) is 30.9. The Morgan fingerprint density at radius 1 is 0.553 bits per heavy atom. The van der Waals surface area contributed by atoms with E-state index in [-0.39, 0.29) is 76.8 Å². The van der Waals surface area contributed by atoms with Gasteiger partial charge in [-0.2, -0.15) is 50.2 Å². The average molecular weight is 1530 g/mol. The highest BCUT2D eigenvalue weighted by atomic mass is 32.2. The maximum atomic E-state index is 13.8. The maximum absolute atomic E-state index is 13.8. The van der Waals surface area contributed by atoms with Gasteiger partial charge in [-0.15, -0.1) is 20.5 Å². The lowest BCUT2D eigenvalue weighted by molar-refractivity contribution is -0.120. The number of azo groups is 2. The van der Waals surface area contributed by atoms with Crippen LogP contribution in [0.25, 0.3) is 12.2 Å². The zero-order valence-corrected chi connectivity index (χ0v) is 62.3. The SMILES string of the molecule is CCN(CC)c1cc(Nc2nc(Nc3cc(N(CC)CC)c(OC)cc3N=Nc3nc(N4CCCCC4)c(/C=C(\C(C)=O)C(=O)Nc4ccc(S(=O)(=O)O)cc4)s3)nc(SCCS(=O)(=O)O)n2)c(N=Nc2nc(N3CCCCC3)c(/C=C(/C(C)=O)C(=O)Nc3ccc(S(=O)(=O)O)cc3)s2)cc1OC. The lowest BCUT2D eigenvalue weighted by Gasteiger charge is -2.27. The fourth-order valence-electron chi connectivity index (χ4n) is 10.9. The van der Waals surface area contributed by atoms with Crippen LogP contribution in [0.15, 0.2) is 119 Å². The molecule has 548 valence electrons. The predicted octanol–water partition coefficient (Wildman–Crippen LogP) is 12.5. The first-order valence-corrected chi connectivity index (χ1v) is 39.6. The van der Waals surface area contributed by atoms with Crippen molar-refractivity contribution in [2.75, 3.05) is 119 Å². The number of anilines is 10. The van der Waals surface area contributed by atoms with Gasteiger partial charge in [0.05, 0.1) is 73.4 Å². The number of methoxy groups -OCH3 is 2. The van der Waals surface area contributed by atoms with Gasteiger partial charge in [-0.3, -0.25) is 32.8 Å². The normalized spacial score (nSPS) is 14.0. The van der Waals surface area contributed by atoms with Gasteiger partial charge >= 0.3 is 0 Å². The molecule has 9 rings (SSSR count). The molecule has 38 heteroatoms. The fourth-order valence-corrected chi connectivity index (χ4v) is 15.3. The monoisotopic (exact) mass is 1530 g/mol. The van der Waals surface area contributed by atoms with Gasteiger partial charge in [-0.25, -0.2) is 0 Å². The number of rotatable bonds is 32. The summed E-state index contributed by atoms with van der Waals surface area (Å²) in [4.78, 5) is 86.4. The molecule has 2 amide bonds. The molecule has 7 aromatic rings. The number of carbonyl (C=O) groups is 4. The van der Waals surface area contributed by atoms with Gasteiger partial charge < -0.3 is 50.3 Å². The molecule has 3 aromatic heterocycles. The van der Waals surface area contributed by atoms with Crippen molar-refractivity contribution < 1.29 is 67.6 Å². The van der Waals surface area contributed by atoms with Crippen LogP contribution in [-0.4, -0.2) is 165 Å². The Balaban J connectivity index is 1.12. The molecule has 2 aliphatic rings. The van der Waals surface area contributed by atoms with Gasteiger partial charge in [-0.05, 0) is 153 Å². The zero-order valence-electron chi connectivity index (χ0n) is 57.4. The van der Waals surface area contributed by atoms with Crippen LogP contribution in [0.4, 0.5) is 79.3 Å². The van der Waals surface area contributed by atoms with Gasteiger partial charge in [0.15, 0.2) is 16.7 Å². The molecular formula is C65H77N17O15S6. The number of nitrogens with zero attached hydrogens (tertiary/aromatic N) is 13. The van der Waals surface area contributed by atoms with Crippen molar-refractivity contribution >= 4 is 180 Å². The molecule has 2 saturated heterocycles. The molecule has 5 heterocycles. The van der Waals surface area contributed by atoms with Crippen LogP contribution < -0.4 is 50.3 Å². The molecule has 0 spiro atoms. The quantitative estimate of drug-likeness (QED) is 0.00514. The first kappa shape index (κ1) is 77.7. The van der Waals surface area contributed by atoms with Crippen LogP contribution in [0.5, 0.6) is 11.5 Å². The second-order valence-corrected chi connectivity index (χ2v) is 30.6. The number of ether oxygens (including phenoxy) is 2. The molecule has 2 aliphatic heterocycles. The van der Waals surface area contributed by atoms with E-state index < -0.39 is 59.5 Å². The summed E-state index contributed by atoms with van der Waals surface area (Å²) in [5.41, 5.74) is 2.08. The second kappa shape index (κ2) is 34.7. The van der Waals surface area contributed by atoms with Crippen LogP contribution in [0, 0.1) is 0 Å². The first-order chi connectivity index (χ1) is 49.1. The summed E-state index contributed by atoms with van der Waals surface area (Å²) >= 11 is 3.04. The highest BCUT2D eigenvalue weighted by molar-refractivity contribution is 8.00. The Bertz CT molecular complexity index is 4490. The molecule has 0 atom stereocenters. The molecule has 0 aliphatic carbocycles. The Morgan fingerprint density at radius 2 is 0.932 bits per heavy atom. The molecule has 4 aromatic carbocycles. The largest absolute Gasteiger partial charge is 0.494 e. The molecule has 7 N–H and O–H groups in total. The zero-order chi connectivity index (χ0) is 74.3. The van der Waals surface area contributed by atoms with E-state index >= 15 is 0 Å². The lowest BCUT2D eigenvalue weighted by atomic mass is 10.1. The highest BCUT2D eigenvalue weighted by Crippen LogP contribution is 2.45. The van der Waals surface area contributed by atoms with Crippen molar-refractivity contribution in [3.63, 3.8) is 0 Å². The third-order valence-electron chi connectivity index (χ3n) is 16.1. The van der Waals surface area contributed by atoms with E-state index in [4.69, 9.17) is 44.6 Å². The molecule has 2 fully saturated rings. The lowest BCUT2D eigenvalue weighted by Crippen LogP contribution is -2.30. The van der Waals surface area contributed by atoms with Gasteiger partial charge in [0.1, 0.15) is 34.5 Å². The third kappa shape index (κ3) is 20.7. The minimum Gasteiger partial charge on any atom is -0.494 e. The van der Waals surface area contributed by atoms with E-state index in [0.29, 0.717) is 108 Å². The van der Waals surface area contributed by atoms with Crippen LogP contribution in [0.2, 0.25) is 0 Å². The van der Waals surface area contributed by atoms with Crippen LogP contribution in [0.3, 0.4) is 0 Å². The Kier molecular flexibility index (Phi) is 26.2. The smallest absolute Gasteiger partial charge is 0.294 e. The number of piperidine rings is 2. The summed E-state index contributed by atoms with van der Waals surface area (Å²) < 4.78 is 112. The molecule has 32 nitrogen and oxygen atoms in total. The Labute approximate surface area is 607 Å². The summed E-state index contributed by atoms with van der Waals surface area (Å²) in [6, 6.07) is 16.4. The average Bonchev–Trinajstić information content (AvgIpc) is 1.77. The number of aromatic nitrogens is 5.